The zero-order valence-electron chi connectivity index (χ0n) is 33.6. The van der Waals surface area contributed by atoms with Crippen LogP contribution in [0.5, 0.6) is 0 Å². The molecule has 0 saturated carbocycles. The smallest absolute Gasteiger partial charge is 0.211 e. The van der Waals surface area contributed by atoms with Gasteiger partial charge in [-0.05, 0) is 119 Å². The average Bonchev–Trinajstić information content (AvgIpc) is 3.95. The maximum absolute atomic E-state index is 13.3. The zero-order chi connectivity index (χ0) is 43.5. The standard InChI is InChI=1S/C54H32N2O6S2/c57-53-41-11-3-7-15-49(41)63(59,60)51(53)31-33-17-27-47-43(29-33)39-9-1-5-13-45(39)55(47)37-23-19-35(20-24-37)36-21-25-38(26-22-36)56-46-14-6-2-10-40(46)44-30-34(18-28-48(44)56)32-52-54(58)42-12-4-8-16-50(42)64(52,61)62/h1-32H. The molecule has 0 aliphatic carbocycles. The second kappa shape index (κ2) is 13.8. The fourth-order valence-electron chi connectivity index (χ4n) is 9.44. The minimum absolute atomic E-state index is 0.0466. The number of nitrogens with zero attached hydrogens (tertiary/aromatic N) is 2. The molecular formula is C54H32N2O6S2. The topological polar surface area (TPSA) is 112 Å². The van der Waals surface area contributed by atoms with E-state index >= 15 is 0 Å². The van der Waals surface area contributed by atoms with Gasteiger partial charge in [0.15, 0.2) is 0 Å². The summed E-state index contributed by atoms with van der Waals surface area (Å²) in [5.41, 5.74) is 9.52. The molecule has 0 saturated heterocycles. The lowest BCUT2D eigenvalue weighted by Crippen LogP contribution is -2.02. The van der Waals surface area contributed by atoms with Crippen molar-refractivity contribution in [1.82, 2.24) is 9.13 Å². The Morgan fingerprint density at radius 2 is 0.719 bits per heavy atom. The van der Waals surface area contributed by atoms with E-state index in [1.165, 1.54) is 24.3 Å². The summed E-state index contributed by atoms with van der Waals surface area (Å²) in [4.78, 5) is 26.1. The van der Waals surface area contributed by atoms with Crippen molar-refractivity contribution >= 4 is 87.0 Å². The van der Waals surface area contributed by atoms with E-state index in [9.17, 15) is 26.4 Å². The number of fused-ring (bicyclic) bond motifs is 8. The van der Waals surface area contributed by atoms with Gasteiger partial charge in [0.25, 0.3) is 0 Å². The van der Waals surface area contributed by atoms with Gasteiger partial charge < -0.3 is 9.13 Å². The summed E-state index contributed by atoms with van der Waals surface area (Å²) in [6.07, 6.45) is 2.96. The Labute approximate surface area is 367 Å². The quantitative estimate of drug-likeness (QED) is 0.159. The molecular weight excluding hydrogens is 837 g/mol. The van der Waals surface area contributed by atoms with Gasteiger partial charge in [-0.2, -0.15) is 0 Å². The van der Waals surface area contributed by atoms with E-state index in [1.807, 2.05) is 72.8 Å². The molecule has 0 N–H and O–H groups in total. The molecule has 64 heavy (non-hydrogen) atoms. The number of ketones is 2. The second-order valence-corrected chi connectivity index (χ2v) is 19.8. The van der Waals surface area contributed by atoms with Crippen LogP contribution >= 0.6 is 0 Å². The molecule has 8 nitrogen and oxygen atoms in total. The first-order chi connectivity index (χ1) is 31.1. The molecule has 0 radical (unpaired) electrons. The molecule has 8 aromatic carbocycles. The molecule has 4 heterocycles. The average molecular weight is 869 g/mol. The molecule has 0 bridgehead atoms. The lowest BCUT2D eigenvalue weighted by molar-refractivity contribution is 0.103. The monoisotopic (exact) mass is 868 g/mol. The van der Waals surface area contributed by atoms with Crippen molar-refractivity contribution in [2.24, 2.45) is 0 Å². The van der Waals surface area contributed by atoms with Crippen LogP contribution < -0.4 is 0 Å². The first-order valence-electron chi connectivity index (χ1n) is 20.6. The van der Waals surface area contributed by atoms with E-state index in [-0.39, 0.29) is 30.7 Å². The lowest BCUT2D eigenvalue weighted by atomic mass is 10.0. The third kappa shape index (κ3) is 5.52. The number of carbonyl (C=O) groups is 2. The first kappa shape index (κ1) is 37.8. The summed E-state index contributed by atoms with van der Waals surface area (Å²) in [6.45, 7) is 0. The van der Waals surface area contributed by atoms with Crippen LogP contribution in [0, 0.1) is 0 Å². The molecule has 0 fully saturated rings. The zero-order valence-corrected chi connectivity index (χ0v) is 35.3. The van der Waals surface area contributed by atoms with Gasteiger partial charge in [-0.3, -0.25) is 9.59 Å². The van der Waals surface area contributed by atoms with Gasteiger partial charge in [0.1, 0.15) is 9.81 Å². The summed E-state index contributed by atoms with van der Waals surface area (Å²) in [5.74, 6) is -0.979. The van der Waals surface area contributed by atoms with Crippen molar-refractivity contribution in [3.05, 3.63) is 214 Å². The van der Waals surface area contributed by atoms with Crippen LogP contribution in [-0.2, 0) is 19.7 Å². The molecule has 2 aromatic heterocycles. The molecule has 0 unspecified atom stereocenters. The van der Waals surface area contributed by atoms with E-state index in [0.717, 1.165) is 66.1 Å². The van der Waals surface area contributed by atoms with Gasteiger partial charge in [0.2, 0.25) is 31.2 Å². The summed E-state index contributed by atoms with van der Waals surface area (Å²) < 4.78 is 57.8. The first-order valence-corrected chi connectivity index (χ1v) is 23.5. The number of carbonyl (C=O) groups excluding carboxylic acids is 2. The van der Waals surface area contributed by atoms with Crippen LogP contribution in [0.2, 0.25) is 0 Å². The van der Waals surface area contributed by atoms with Crippen molar-refractivity contribution in [3.63, 3.8) is 0 Å². The highest BCUT2D eigenvalue weighted by molar-refractivity contribution is 7.97. The highest BCUT2D eigenvalue weighted by atomic mass is 32.2. The number of allylic oxidation sites excluding steroid dienone is 2. The Morgan fingerprint density at radius 3 is 1.12 bits per heavy atom. The molecule has 0 atom stereocenters. The van der Waals surface area contributed by atoms with Crippen molar-refractivity contribution in [1.29, 1.82) is 0 Å². The number of para-hydroxylation sites is 2. The van der Waals surface area contributed by atoms with Crippen LogP contribution in [0.25, 0.3) is 78.3 Å². The molecule has 306 valence electrons. The van der Waals surface area contributed by atoms with Crippen LogP contribution in [0.4, 0.5) is 0 Å². The van der Waals surface area contributed by atoms with E-state index in [2.05, 4.69) is 69.8 Å². The number of rotatable bonds is 5. The van der Waals surface area contributed by atoms with E-state index in [4.69, 9.17) is 0 Å². The third-order valence-corrected chi connectivity index (χ3v) is 16.1. The van der Waals surface area contributed by atoms with E-state index in [0.29, 0.717) is 11.1 Å². The number of hydrogen-bond acceptors (Lipinski definition) is 6. The van der Waals surface area contributed by atoms with Crippen LogP contribution in [0.3, 0.4) is 0 Å². The van der Waals surface area contributed by atoms with Gasteiger partial charge >= 0.3 is 0 Å². The maximum atomic E-state index is 13.3. The Bertz CT molecular complexity index is 3740. The number of benzene rings is 8. The third-order valence-electron chi connectivity index (χ3n) is 12.4. The number of sulfone groups is 2. The molecule has 10 aromatic rings. The van der Waals surface area contributed by atoms with Gasteiger partial charge in [-0.15, -0.1) is 0 Å². The number of hydrogen-bond donors (Lipinski definition) is 0. The summed E-state index contributed by atoms with van der Waals surface area (Å²) in [7, 11) is -7.85. The van der Waals surface area contributed by atoms with Crippen molar-refractivity contribution in [2.45, 2.75) is 9.79 Å². The normalized spacial score (nSPS) is 16.4. The molecule has 2 aliphatic rings. The highest BCUT2D eigenvalue weighted by Crippen LogP contribution is 2.40. The van der Waals surface area contributed by atoms with Gasteiger partial charge in [-0.1, -0.05) is 97.1 Å². The largest absolute Gasteiger partial charge is 0.309 e. The van der Waals surface area contributed by atoms with Gasteiger partial charge in [0.05, 0.1) is 31.9 Å². The van der Waals surface area contributed by atoms with E-state index < -0.39 is 31.2 Å². The molecule has 2 aliphatic heterocycles. The van der Waals surface area contributed by atoms with Crippen LogP contribution in [0.1, 0.15) is 31.8 Å². The van der Waals surface area contributed by atoms with Crippen LogP contribution in [0.15, 0.2) is 202 Å². The molecule has 0 spiro atoms. The predicted octanol–water partition coefficient (Wildman–Crippen LogP) is 11.6. The minimum Gasteiger partial charge on any atom is -0.309 e. The molecule has 0 amide bonds. The molecule has 10 heteroatoms. The maximum Gasteiger partial charge on any atom is 0.211 e. The SMILES string of the molecule is O=C1C(=Cc2ccc3c(c2)c2ccccc2n3-c2ccc(-c3ccc(-n4c5ccccc5c5cc(C=C6C(=O)c7ccccc7S6(=O)=O)ccc54)cc3)cc2)S(=O)(=O)c2ccccc21. The number of Topliss-reactive ketones (excluding diaryl/α,β-unsaturated/α-hetero) is 2. The fraction of sp³-hybridized carbons (Fsp3) is 0. The Balaban J connectivity index is 0.869. The van der Waals surface area contributed by atoms with Crippen molar-refractivity contribution < 1.29 is 26.4 Å². The minimum atomic E-state index is -3.92. The summed E-state index contributed by atoms with van der Waals surface area (Å²) in [5, 5.41) is 3.88. The molecule has 12 rings (SSSR count). The summed E-state index contributed by atoms with van der Waals surface area (Å²) >= 11 is 0. The second-order valence-electron chi connectivity index (χ2n) is 16.0. The fourth-order valence-corrected chi connectivity index (χ4v) is 12.6. The van der Waals surface area contributed by atoms with Crippen molar-refractivity contribution in [2.75, 3.05) is 0 Å². The van der Waals surface area contributed by atoms with Crippen molar-refractivity contribution in [3.8, 4) is 22.5 Å². The lowest BCUT2D eigenvalue weighted by Gasteiger charge is -2.11. The summed E-state index contributed by atoms with van der Waals surface area (Å²) in [6, 6.07) is 57.1. The van der Waals surface area contributed by atoms with E-state index in [1.54, 1.807) is 36.4 Å². The predicted molar refractivity (Wildman–Crippen MR) is 252 cm³/mol. The van der Waals surface area contributed by atoms with Crippen LogP contribution in [-0.4, -0.2) is 37.5 Å². The Hall–Kier alpha value is -7.92. The number of aromatic nitrogens is 2. The van der Waals surface area contributed by atoms with Gasteiger partial charge in [-0.25, -0.2) is 16.8 Å². The Kier molecular flexibility index (Phi) is 8.15. The van der Waals surface area contributed by atoms with Gasteiger partial charge in [0, 0.05) is 44.0 Å². The highest BCUT2D eigenvalue weighted by Gasteiger charge is 2.40. The Morgan fingerprint density at radius 1 is 0.359 bits per heavy atom.